The Hall–Kier alpha value is -1.96. The van der Waals surface area contributed by atoms with Gasteiger partial charge in [0.2, 0.25) is 0 Å². The Kier molecular flexibility index (Phi) is 4.67. The van der Waals surface area contributed by atoms with Crippen LogP contribution in [0.5, 0.6) is 0 Å². The average Bonchev–Trinajstić information content (AvgIpc) is 3.09. The smallest absolute Gasteiger partial charge is 0.360 e. The second-order valence-corrected chi connectivity index (χ2v) is 4.45. The Labute approximate surface area is 116 Å². The highest BCUT2D eigenvalue weighted by Crippen LogP contribution is 2.16. The van der Waals surface area contributed by atoms with Crippen molar-refractivity contribution in [2.75, 3.05) is 20.8 Å². The summed E-state index contributed by atoms with van der Waals surface area (Å²) in [7, 11) is 2.54. The van der Waals surface area contributed by atoms with E-state index in [0.29, 0.717) is 12.2 Å². The first-order chi connectivity index (χ1) is 9.65. The molecule has 1 saturated heterocycles. The molecule has 1 unspecified atom stereocenters. The van der Waals surface area contributed by atoms with Crippen molar-refractivity contribution in [3.8, 4) is 0 Å². The van der Waals surface area contributed by atoms with E-state index in [0.717, 1.165) is 19.4 Å². The molecule has 0 amide bonds. The number of hydrogen-bond donors (Lipinski definition) is 0. The van der Waals surface area contributed by atoms with Crippen LogP contribution in [0.4, 0.5) is 0 Å². The molecular weight excluding hydrogens is 266 g/mol. The summed E-state index contributed by atoms with van der Waals surface area (Å²) >= 11 is 0. The maximum absolute atomic E-state index is 11.6. The van der Waals surface area contributed by atoms with Gasteiger partial charge in [0.05, 0.1) is 39.0 Å². The maximum Gasteiger partial charge on any atom is 0.360 e. The highest BCUT2D eigenvalue weighted by Gasteiger charge is 2.25. The van der Waals surface area contributed by atoms with Crippen molar-refractivity contribution >= 4 is 11.9 Å². The molecule has 1 atom stereocenters. The minimum absolute atomic E-state index is 0.0265. The fourth-order valence-corrected chi connectivity index (χ4v) is 2.10. The summed E-state index contributed by atoms with van der Waals surface area (Å²) in [5.74, 6) is -1.09. The fourth-order valence-electron chi connectivity index (χ4n) is 2.10. The zero-order valence-electron chi connectivity index (χ0n) is 11.5. The van der Waals surface area contributed by atoms with E-state index in [4.69, 9.17) is 4.74 Å². The van der Waals surface area contributed by atoms with Crippen LogP contribution < -0.4 is 0 Å². The first-order valence-electron chi connectivity index (χ1n) is 6.34. The van der Waals surface area contributed by atoms with Crippen LogP contribution in [0.15, 0.2) is 0 Å². The van der Waals surface area contributed by atoms with Crippen LogP contribution in [-0.4, -0.2) is 53.9 Å². The van der Waals surface area contributed by atoms with Crippen LogP contribution in [0.25, 0.3) is 0 Å². The molecule has 0 saturated carbocycles. The summed E-state index contributed by atoms with van der Waals surface area (Å²) in [5, 5.41) is 7.71. The Balaban J connectivity index is 2.22. The van der Waals surface area contributed by atoms with Crippen LogP contribution in [0.3, 0.4) is 0 Å². The van der Waals surface area contributed by atoms with Gasteiger partial charge < -0.3 is 14.2 Å². The van der Waals surface area contributed by atoms with E-state index in [2.05, 4.69) is 19.8 Å². The lowest BCUT2D eigenvalue weighted by atomic mass is 10.2. The van der Waals surface area contributed by atoms with Gasteiger partial charge in [0.15, 0.2) is 5.69 Å². The van der Waals surface area contributed by atoms with Gasteiger partial charge in [0.1, 0.15) is 0 Å². The minimum Gasteiger partial charge on any atom is -0.469 e. The zero-order chi connectivity index (χ0) is 14.5. The molecule has 20 heavy (non-hydrogen) atoms. The highest BCUT2D eigenvalue weighted by molar-refractivity contribution is 5.89. The first kappa shape index (κ1) is 14.4. The van der Waals surface area contributed by atoms with Gasteiger partial charge in [-0.25, -0.2) is 9.48 Å². The molecule has 0 spiro atoms. The summed E-state index contributed by atoms with van der Waals surface area (Å²) in [6.45, 7) is 1.17. The number of esters is 2. The molecule has 0 aromatic carbocycles. The predicted molar refractivity (Wildman–Crippen MR) is 66.1 cm³/mol. The van der Waals surface area contributed by atoms with E-state index in [9.17, 15) is 9.59 Å². The average molecular weight is 283 g/mol. The van der Waals surface area contributed by atoms with E-state index in [-0.39, 0.29) is 18.2 Å². The second kappa shape index (κ2) is 6.47. The number of hydrogen-bond acceptors (Lipinski definition) is 7. The molecule has 1 fully saturated rings. The van der Waals surface area contributed by atoms with Gasteiger partial charge >= 0.3 is 11.9 Å². The number of carbonyl (C=O) groups excluding carboxylic acids is 2. The van der Waals surface area contributed by atoms with E-state index >= 15 is 0 Å². The lowest BCUT2D eigenvalue weighted by molar-refractivity contribution is -0.139. The third-order valence-corrected chi connectivity index (χ3v) is 3.16. The van der Waals surface area contributed by atoms with Crippen molar-refractivity contribution in [2.45, 2.75) is 31.9 Å². The fraction of sp³-hybridized carbons (Fsp3) is 0.667. The largest absolute Gasteiger partial charge is 0.469 e. The predicted octanol–water partition coefficient (Wildman–Crippen LogP) is -0.0408. The number of aromatic nitrogens is 3. The van der Waals surface area contributed by atoms with Gasteiger partial charge in [-0.3, -0.25) is 4.79 Å². The molecule has 1 aromatic rings. The second-order valence-electron chi connectivity index (χ2n) is 4.45. The number of ether oxygens (including phenoxy) is 3. The van der Waals surface area contributed by atoms with Gasteiger partial charge in [-0.15, -0.1) is 5.10 Å². The van der Waals surface area contributed by atoms with Crippen molar-refractivity contribution in [2.24, 2.45) is 0 Å². The number of carbonyl (C=O) groups is 2. The third kappa shape index (κ3) is 3.13. The van der Waals surface area contributed by atoms with Gasteiger partial charge in [-0.2, -0.15) is 0 Å². The van der Waals surface area contributed by atoms with E-state index in [1.165, 1.54) is 18.9 Å². The summed E-state index contributed by atoms with van der Waals surface area (Å²) in [6.07, 6.45) is 1.86. The number of rotatable bonds is 5. The first-order valence-corrected chi connectivity index (χ1v) is 6.34. The minimum atomic E-state index is -0.623. The summed E-state index contributed by atoms with van der Waals surface area (Å²) in [5.41, 5.74) is 0.426. The molecule has 0 radical (unpaired) electrons. The van der Waals surface area contributed by atoms with E-state index < -0.39 is 11.9 Å². The quantitative estimate of drug-likeness (QED) is 0.700. The Morgan fingerprint density at radius 2 is 2.20 bits per heavy atom. The SMILES string of the molecule is COC(=O)Cc1c(C(=O)OC)nnn1CC1CCCO1. The monoisotopic (exact) mass is 283 g/mol. The van der Waals surface area contributed by atoms with Crippen LogP contribution in [0.2, 0.25) is 0 Å². The Bertz CT molecular complexity index is 493. The van der Waals surface area contributed by atoms with Crippen LogP contribution in [-0.2, 0) is 32.0 Å². The molecule has 0 aliphatic carbocycles. The molecule has 1 aliphatic rings. The van der Waals surface area contributed by atoms with Crippen LogP contribution in [0.1, 0.15) is 29.0 Å². The van der Waals surface area contributed by atoms with Crippen molar-refractivity contribution < 1.29 is 23.8 Å². The van der Waals surface area contributed by atoms with Gasteiger partial charge in [-0.05, 0) is 12.8 Å². The van der Waals surface area contributed by atoms with Gasteiger partial charge in [0, 0.05) is 6.61 Å². The lowest BCUT2D eigenvalue weighted by Gasteiger charge is -2.11. The molecule has 0 bridgehead atoms. The summed E-state index contributed by atoms with van der Waals surface area (Å²) in [6, 6.07) is 0. The van der Waals surface area contributed by atoms with E-state index in [1.807, 2.05) is 0 Å². The molecule has 2 heterocycles. The maximum atomic E-state index is 11.6. The topological polar surface area (TPSA) is 92.5 Å². The third-order valence-electron chi connectivity index (χ3n) is 3.16. The Morgan fingerprint density at radius 3 is 2.80 bits per heavy atom. The number of nitrogens with zero attached hydrogens (tertiary/aromatic N) is 3. The summed E-state index contributed by atoms with van der Waals surface area (Å²) < 4.78 is 16.3. The standard InChI is InChI=1S/C12H17N3O5/c1-18-10(16)6-9-11(12(17)19-2)13-14-15(9)7-8-4-3-5-20-8/h8H,3-7H2,1-2H3. The molecule has 1 aromatic heterocycles. The molecule has 110 valence electrons. The molecule has 1 aliphatic heterocycles. The van der Waals surface area contributed by atoms with Gasteiger partial charge in [0.25, 0.3) is 0 Å². The molecule has 8 nitrogen and oxygen atoms in total. The van der Waals surface area contributed by atoms with Crippen molar-refractivity contribution in [3.05, 3.63) is 11.4 Å². The van der Waals surface area contributed by atoms with Gasteiger partial charge in [-0.1, -0.05) is 5.21 Å². The Morgan fingerprint density at radius 1 is 1.40 bits per heavy atom. The van der Waals surface area contributed by atoms with Crippen LogP contribution >= 0.6 is 0 Å². The normalized spacial score (nSPS) is 18.0. The molecule has 2 rings (SSSR count). The van der Waals surface area contributed by atoms with Crippen molar-refractivity contribution in [3.63, 3.8) is 0 Å². The van der Waals surface area contributed by atoms with Crippen molar-refractivity contribution in [1.29, 1.82) is 0 Å². The molecule has 8 heteroatoms. The van der Waals surface area contributed by atoms with Crippen molar-refractivity contribution in [1.82, 2.24) is 15.0 Å². The summed E-state index contributed by atoms with van der Waals surface area (Å²) in [4.78, 5) is 23.1. The molecular formula is C12H17N3O5. The highest BCUT2D eigenvalue weighted by atomic mass is 16.5. The molecule has 0 N–H and O–H groups in total. The van der Waals surface area contributed by atoms with Crippen LogP contribution in [0, 0.1) is 0 Å². The zero-order valence-corrected chi connectivity index (χ0v) is 11.5. The van der Waals surface area contributed by atoms with E-state index in [1.54, 1.807) is 0 Å². The lowest BCUT2D eigenvalue weighted by Crippen LogP contribution is -2.21. The number of methoxy groups -OCH3 is 2.